The molecule has 0 spiro atoms. The number of nitrogens with one attached hydrogen (secondary N) is 1. The van der Waals surface area contributed by atoms with Gasteiger partial charge in [-0.3, -0.25) is 4.79 Å². The number of hydrogen-bond acceptors (Lipinski definition) is 4. The molecular formula is C19H26F3N3O3S. The van der Waals surface area contributed by atoms with Gasteiger partial charge in [-0.05, 0) is 43.9 Å². The molecule has 2 aliphatic rings. The summed E-state index contributed by atoms with van der Waals surface area (Å²) in [5, 5.41) is 8.03. The van der Waals surface area contributed by atoms with Crippen molar-refractivity contribution in [2.75, 3.05) is 18.0 Å². The zero-order valence-corrected chi connectivity index (χ0v) is 16.9. The minimum atomic E-state index is -4.71. The summed E-state index contributed by atoms with van der Waals surface area (Å²) in [6.45, 7) is 0.681. The molecule has 1 aromatic rings. The van der Waals surface area contributed by atoms with Gasteiger partial charge in [-0.2, -0.15) is 13.2 Å². The van der Waals surface area contributed by atoms with Gasteiger partial charge in [0.05, 0.1) is 10.5 Å². The van der Waals surface area contributed by atoms with Crippen molar-refractivity contribution >= 4 is 21.6 Å². The first-order chi connectivity index (χ1) is 13.6. The van der Waals surface area contributed by atoms with Crippen molar-refractivity contribution in [3.8, 4) is 0 Å². The Kier molecular flexibility index (Phi) is 6.42. The van der Waals surface area contributed by atoms with Gasteiger partial charge in [0.15, 0.2) is 0 Å². The van der Waals surface area contributed by atoms with Crippen LogP contribution in [0.4, 0.5) is 18.9 Å². The van der Waals surface area contributed by atoms with Crippen LogP contribution >= 0.6 is 0 Å². The number of anilines is 1. The third-order valence-electron chi connectivity index (χ3n) is 5.76. The summed E-state index contributed by atoms with van der Waals surface area (Å²) >= 11 is 0. The lowest BCUT2D eigenvalue weighted by Crippen LogP contribution is -2.47. The highest BCUT2D eigenvalue weighted by Crippen LogP contribution is 2.38. The number of alkyl halides is 3. The third kappa shape index (κ3) is 5.42. The lowest BCUT2D eigenvalue weighted by atomic mass is 9.88. The van der Waals surface area contributed by atoms with Crippen LogP contribution in [-0.4, -0.2) is 33.5 Å². The van der Waals surface area contributed by atoms with Crippen LogP contribution in [0.3, 0.4) is 0 Å². The first-order valence-electron chi connectivity index (χ1n) is 9.85. The Morgan fingerprint density at radius 2 is 1.69 bits per heavy atom. The van der Waals surface area contributed by atoms with Gasteiger partial charge in [-0.15, -0.1) is 0 Å². The van der Waals surface area contributed by atoms with Crippen molar-refractivity contribution < 1.29 is 26.4 Å². The Labute approximate surface area is 168 Å². The standard InChI is InChI=1S/C19H26F3N3O3S/c20-19(21,22)16-12-15(29(23,27)28)6-7-17(16)25-10-8-14(9-11-25)24-18(26)13-4-2-1-3-5-13/h6-7,12-14H,1-5,8-11H2,(H,24,26)(H2,23,27,28). The van der Waals surface area contributed by atoms with Crippen molar-refractivity contribution in [3.05, 3.63) is 23.8 Å². The van der Waals surface area contributed by atoms with E-state index in [0.717, 1.165) is 44.2 Å². The lowest BCUT2D eigenvalue weighted by molar-refractivity contribution is -0.137. The Bertz CT molecular complexity index is 844. The molecule has 1 aliphatic heterocycles. The van der Waals surface area contributed by atoms with Gasteiger partial charge >= 0.3 is 6.18 Å². The maximum Gasteiger partial charge on any atom is 0.418 e. The lowest BCUT2D eigenvalue weighted by Gasteiger charge is -2.36. The number of carbonyl (C=O) groups excluding carboxylic acids is 1. The van der Waals surface area contributed by atoms with Crippen LogP contribution in [0, 0.1) is 5.92 Å². The summed E-state index contributed by atoms with van der Waals surface area (Å²) in [5.41, 5.74) is -1.09. The number of rotatable bonds is 4. The summed E-state index contributed by atoms with van der Waals surface area (Å²) in [7, 11) is -4.23. The Balaban J connectivity index is 1.68. The molecule has 1 heterocycles. The van der Waals surface area contributed by atoms with Gasteiger partial charge in [-0.25, -0.2) is 13.6 Å². The van der Waals surface area contributed by atoms with E-state index in [4.69, 9.17) is 5.14 Å². The van der Waals surface area contributed by atoms with Crippen molar-refractivity contribution in [3.63, 3.8) is 0 Å². The van der Waals surface area contributed by atoms with Crippen LogP contribution in [0.2, 0.25) is 0 Å². The summed E-state index contributed by atoms with van der Waals surface area (Å²) in [5.74, 6) is 0.0982. The largest absolute Gasteiger partial charge is 0.418 e. The number of halogens is 3. The van der Waals surface area contributed by atoms with Gasteiger partial charge in [0.1, 0.15) is 0 Å². The molecule has 1 aliphatic carbocycles. The average Bonchev–Trinajstić information content (AvgIpc) is 2.67. The van der Waals surface area contributed by atoms with E-state index < -0.39 is 26.7 Å². The van der Waals surface area contributed by atoms with Crippen LogP contribution in [0.5, 0.6) is 0 Å². The van der Waals surface area contributed by atoms with Gasteiger partial charge < -0.3 is 10.2 Å². The van der Waals surface area contributed by atoms with Crippen molar-refractivity contribution in [1.29, 1.82) is 0 Å². The number of amides is 1. The van der Waals surface area contributed by atoms with Crippen molar-refractivity contribution in [1.82, 2.24) is 5.32 Å². The number of nitrogens with zero attached hydrogens (tertiary/aromatic N) is 1. The topological polar surface area (TPSA) is 92.5 Å². The predicted octanol–water partition coefficient (Wildman–Crippen LogP) is 3.02. The Morgan fingerprint density at radius 3 is 2.24 bits per heavy atom. The fraction of sp³-hybridized carbons (Fsp3) is 0.632. The second-order valence-electron chi connectivity index (χ2n) is 7.83. The summed E-state index contributed by atoms with van der Waals surface area (Å²) in [6.07, 6.45) is 1.44. The number of piperidine rings is 1. The average molecular weight is 433 g/mol. The van der Waals surface area contributed by atoms with E-state index in [1.165, 1.54) is 0 Å². The number of sulfonamides is 1. The van der Waals surface area contributed by atoms with Crippen LogP contribution < -0.4 is 15.4 Å². The zero-order valence-electron chi connectivity index (χ0n) is 16.0. The number of carbonyl (C=O) groups is 1. The Morgan fingerprint density at radius 1 is 1.07 bits per heavy atom. The van der Waals surface area contributed by atoms with E-state index in [1.807, 2.05) is 0 Å². The van der Waals surface area contributed by atoms with E-state index in [-0.39, 0.29) is 23.6 Å². The first kappa shape index (κ1) is 21.9. The monoisotopic (exact) mass is 433 g/mol. The van der Waals surface area contributed by atoms with Crippen molar-refractivity contribution in [2.24, 2.45) is 11.1 Å². The summed E-state index contributed by atoms with van der Waals surface area (Å²) in [4.78, 5) is 13.4. The molecule has 1 saturated heterocycles. The van der Waals surface area contributed by atoms with E-state index in [1.54, 1.807) is 4.90 Å². The first-order valence-corrected chi connectivity index (χ1v) is 11.4. The molecule has 0 atom stereocenters. The molecule has 10 heteroatoms. The minimum absolute atomic E-state index is 0.0457. The quantitative estimate of drug-likeness (QED) is 0.764. The zero-order chi connectivity index (χ0) is 21.2. The SMILES string of the molecule is NS(=O)(=O)c1ccc(N2CCC(NC(=O)C3CCCCC3)CC2)c(C(F)(F)F)c1. The highest BCUT2D eigenvalue weighted by molar-refractivity contribution is 7.89. The molecule has 2 fully saturated rings. The molecule has 1 saturated carbocycles. The highest BCUT2D eigenvalue weighted by Gasteiger charge is 2.37. The van der Waals surface area contributed by atoms with E-state index in [2.05, 4.69) is 5.32 Å². The number of nitrogens with two attached hydrogens (primary N) is 1. The molecule has 6 nitrogen and oxygen atoms in total. The molecule has 3 N–H and O–H groups in total. The molecule has 29 heavy (non-hydrogen) atoms. The van der Waals surface area contributed by atoms with Gasteiger partial charge in [0.2, 0.25) is 15.9 Å². The van der Waals surface area contributed by atoms with Gasteiger partial charge in [-0.1, -0.05) is 19.3 Å². The van der Waals surface area contributed by atoms with Gasteiger partial charge in [0.25, 0.3) is 0 Å². The molecule has 0 unspecified atom stereocenters. The minimum Gasteiger partial charge on any atom is -0.371 e. The van der Waals surface area contributed by atoms with Crippen LogP contribution in [0.1, 0.15) is 50.5 Å². The summed E-state index contributed by atoms with van der Waals surface area (Å²) < 4.78 is 63.4. The molecule has 162 valence electrons. The second kappa shape index (κ2) is 8.51. The third-order valence-corrected chi connectivity index (χ3v) is 6.67. The normalized spacial score (nSPS) is 19.9. The molecule has 0 radical (unpaired) electrons. The number of hydrogen-bond donors (Lipinski definition) is 2. The molecule has 0 bridgehead atoms. The van der Waals surface area contributed by atoms with Crippen LogP contribution in [0.25, 0.3) is 0 Å². The van der Waals surface area contributed by atoms with E-state index in [9.17, 15) is 26.4 Å². The van der Waals surface area contributed by atoms with Crippen LogP contribution in [-0.2, 0) is 21.0 Å². The molecule has 0 aromatic heterocycles. The number of benzene rings is 1. The maximum atomic E-state index is 13.5. The fourth-order valence-electron chi connectivity index (χ4n) is 4.14. The smallest absolute Gasteiger partial charge is 0.371 e. The fourth-order valence-corrected chi connectivity index (χ4v) is 4.68. The molecule has 3 rings (SSSR count). The second-order valence-corrected chi connectivity index (χ2v) is 9.39. The van der Waals surface area contributed by atoms with E-state index in [0.29, 0.717) is 32.0 Å². The van der Waals surface area contributed by atoms with Crippen LogP contribution in [0.15, 0.2) is 23.1 Å². The summed E-state index contributed by atoms with van der Waals surface area (Å²) in [6, 6.07) is 2.78. The van der Waals surface area contributed by atoms with Gasteiger partial charge in [0, 0.05) is 30.7 Å². The molecule has 1 amide bonds. The Hall–Kier alpha value is -1.81. The molecular weight excluding hydrogens is 407 g/mol. The highest BCUT2D eigenvalue weighted by atomic mass is 32.2. The van der Waals surface area contributed by atoms with E-state index >= 15 is 0 Å². The maximum absolute atomic E-state index is 13.5. The van der Waals surface area contributed by atoms with Crippen molar-refractivity contribution in [2.45, 2.75) is 62.1 Å². The predicted molar refractivity (Wildman–Crippen MR) is 103 cm³/mol. The molecule has 1 aromatic carbocycles. The number of primary sulfonamides is 1.